The molecule has 2 heterocycles. The summed E-state index contributed by atoms with van der Waals surface area (Å²) < 4.78 is 1.01. The highest BCUT2D eigenvalue weighted by molar-refractivity contribution is 9.10. The van der Waals surface area contributed by atoms with Crippen LogP contribution >= 0.6 is 15.9 Å². The van der Waals surface area contributed by atoms with E-state index in [0.717, 1.165) is 36.1 Å². The van der Waals surface area contributed by atoms with Gasteiger partial charge in [-0.3, -0.25) is 4.79 Å². The summed E-state index contributed by atoms with van der Waals surface area (Å²) in [5.74, 6) is 0.836. The number of carbonyl (C=O) groups excluding carboxylic acids is 1. The van der Waals surface area contributed by atoms with Gasteiger partial charge < -0.3 is 10.2 Å². The Kier molecular flexibility index (Phi) is 2.92. The van der Waals surface area contributed by atoms with Gasteiger partial charge in [-0.2, -0.15) is 0 Å². The van der Waals surface area contributed by atoms with E-state index in [0.29, 0.717) is 12.0 Å². The highest BCUT2D eigenvalue weighted by Crippen LogP contribution is 2.28. The Morgan fingerprint density at radius 3 is 2.82 bits per heavy atom. The van der Waals surface area contributed by atoms with Crippen molar-refractivity contribution >= 4 is 21.8 Å². The summed E-state index contributed by atoms with van der Waals surface area (Å²) in [6, 6.07) is 8.04. The lowest BCUT2D eigenvalue weighted by Gasteiger charge is -2.23. The fraction of sp³-hybridized carbons (Fsp3) is 0.462. The lowest BCUT2D eigenvalue weighted by atomic mass is 10.0. The number of fused-ring (bicyclic) bond motifs is 1. The number of rotatable bonds is 1. The van der Waals surface area contributed by atoms with Gasteiger partial charge in [0.25, 0.3) is 5.91 Å². The van der Waals surface area contributed by atoms with E-state index >= 15 is 0 Å². The smallest absolute Gasteiger partial charge is 0.254 e. The van der Waals surface area contributed by atoms with E-state index in [1.807, 2.05) is 29.2 Å². The molecular weight excluding hydrogens is 280 g/mol. The third-order valence-electron chi connectivity index (χ3n) is 3.80. The molecule has 2 aliphatic heterocycles. The van der Waals surface area contributed by atoms with Crippen molar-refractivity contribution < 1.29 is 4.79 Å². The van der Waals surface area contributed by atoms with Crippen LogP contribution in [0.25, 0.3) is 0 Å². The standard InChI is InChI=1S/C13H15BrN2O/c14-11-3-1-9(2-4-11)13(17)16-6-5-10-7-15-8-12(10)16/h1-4,10,12,15H,5-8H2/t10-,12+/m1/s1. The second-order valence-corrected chi connectivity index (χ2v) is 5.70. The maximum atomic E-state index is 12.4. The summed E-state index contributed by atoms with van der Waals surface area (Å²) in [5.41, 5.74) is 0.792. The lowest BCUT2D eigenvalue weighted by molar-refractivity contribution is 0.0737. The number of carbonyl (C=O) groups is 1. The van der Waals surface area contributed by atoms with Crippen LogP contribution in [0.3, 0.4) is 0 Å². The molecule has 0 aliphatic carbocycles. The summed E-state index contributed by atoms with van der Waals surface area (Å²) in [4.78, 5) is 14.4. The van der Waals surface area contributed by atoms with Crippen molar-refractivity contribution in [1.29, 1.82) is 0 Å². The largest absolute Gasteiger partial charge is 0.334 e. The quantitative estimate of drug-likeness (QED) is 0.858. The molecule has 1 aromatic carbocycles. The van der Waals surface area contributed by atoms with Gasteiger partial charge in [-0.15, -0.1) is 0 Å². The van der Waals surface area contributed by atoms with E-state index < -0.39 is 0 Å². The van der Waals surface area contributed by atoms with Gasteiger partial charge in [0.2, 0.25) is 0 Å². The molecule has 3 rings (SSSR count). The summed E-state index contributed by atoms with van der Waals surface area (Å²) >= 11 is 3.39. The van der Waals surface area contributed by atoms with Crippen LogP contribution in [-0.4, -0.2) is 36.5 Å². The molecule has 0 spiro atoms. The lowest BCUT2D eigenvalue weighted by Crippen LogP contribution is -2.39. The number of halogens is 1. The van der Waals surface area contributed by atoms with Crippen LogP contribution in [0.2, 0.25) is 0 Å². The van der Waals surface area contributed by atoms with Crippen LogP contribution in [0.15, 0.2) is 28.7 Å². The number of likely N-dealkylation sites (tertiary alicyclic amines) is 1. The van der Waals surface area contributed by atoms with Gasteiger partial charge in [0, 0.05) is 35.7 Å². The third kappa shape index (κ3) is 2.00. The summed E-state index contributed by atoms with van der Waals surface area (Å²) in [5, 5.41) is 3.37. The first kappa shape index (κ1) is 11.2. The molecule has 0 saturated carbocycles. The van der Waals surface area contributed by atoms with E-state index in [1.165, 1.54) is 0 Å². The Labute approximate surface area is 109 Å². The molecular formula is C13H15BrN2O. The summed E-state index contributed by atoms with van der Waals surface area (Å²) in [7, 11) is 0. The van der Waals surface area contributed by atoms with E-state index in [9.17, 15) is 4.79 Å². The molecule has 1 N–H and O–H groups in total. The normalized spacial score (nSPS) is 27.2. The van der Waals surface area contributed by atoms with Gasteiger partial charge in [0.1, 0.15) is 0 Å². The molecule has 3 nitrogen and oxygen atoms in total. The Bertz CT molecular complexity index is 432. The number of hydrogen-bond donors (Lipinski definition) is 1. The van der Waals surface area contributed by atoms with Crippen LogP contribution in [-0.2, 0) is 0 Å². The van der Waals surface area contributed by atoms with Crippen molar-refractivity contribution in [3.05, 3.63) is 34.3 Å². The number of amides is 1. The van der Waals surface area contributed by atoms with E-state index in [2.05, 4.69) is 21.2 Å². The highest BCUT2D eigenvalue weighted by atomic mass is 79.9. The van der Waals surface area contributed by atoms with Crippen LogP contribution in [0.4, 0.5) is 0 Å². The van der Waals surface area contributed by atoms with Crippen molar-refractivity contribution in [3.8, 4) is 0 Å². The fourth-order valence-electron chi connectivity index (χ4n) is 2.86. The zero-order chi connectivity index (χ0) is 11.8. The van der Waals surface area contributed by atoms with Gasteiger partial charge in [-0.25, -0.2) is 0 Å². The summed E-state index contributed by atoms with van der Waals surface area (Å²) in [6.07, 6.45) is 1.14. The average molecular weight is 295 g/mol. The molecule has 2 aliphatic rings. The first-order valence-electron chi connectivity index (χ1n) is 6.03. The van der Waals surface area contributed by atoms with Gasteiger partial charge in [0.15, 0.2) is 0 Å². The Balaban J connectivity index is 1.80. The number of benzene rings is 1. The number of nitrogens with one attached hydrogen (secondary N) is 1. The SMILES string of the molecule is O=C(c1ccc(Br)cc1)N1CC[C@@H]2CNC[C@@H]21. The third-order valence-corrected chi connectivity index (χ3v) is 4.33. The molecule has 2 fully saturated rings. The van der Waals surface area contributed by atoms with Crippen LogP contribution in [0.1, 0.15) is 16.8 Å². The van der Waals surface area contributed by atoms with Gasteiger partial charge >= 0.3 is 0 Å². The molecule has 1 aromatic rings. The molecule has 0 radical (unpaired) electrons. The number of hydrogen-bond acceptors (Lipinski definition) is 2. The van der Waals surface area contributed by atoms with Crippen molar-refractivity contribution in [1.82, 2.24) is 10.2 Å². The van der Waals surface area contributed by atoms with Crippen LogP contribution in [0.5, 0.6) is 0 Å². The van der Waals surface area contributed by atoms with Crippen molar-refractivity contribution in [2.45, 2.75) is 12.5 Å². The molecule has 2 saturated heterocycles. The topological polar surface area (TPSA) is 32.3 Å². The Morgan fingerprint density at radius 2 is 2.06 bits per heavy atom. The minimum atomic E-state index is 0.175. The molecule has 4 heteroatoms. The molecule has 2 atom stereocenters. The van der Waals surface area contributed by atoms with E-state index in [-0.39, 0.29) is 5.91 Å². The van der Waals surface area contributed by atoms with Crippen molar-refractivity contribution in [2.24, 2.45) is 5.92 Å². The van der Waals surface area contributed by atoms with E-state index in [1.54, 1.807) is 0 Å². The predicted molar refractivity (Wildman–Crippen MR) is 69.9 cm³/mol. The number of nitrogens with zero attached hydrogens (tertiary/aromatic N) is 1. The van der Waals surface area contributed by atoms with Crippen molar-refractivity contribution in [2.75, 3.05) is 19.6 Å². The highest BCUT2D eigenvalue weighted by Gasteiger charge is 2.39. The second-order valence-electron chi connectivity index (χ2n) is 4.78. The molecule has 17 heavy (non-hydrogen) atoms. The maximum Gasteiger partial charge on any atom is 0.254 e. The van der Waals surface area contributed by atoms with Crippen LogP contribution < -0.4 is 5.32 Å². The van der Waals surface area contributed by atoms with E-state index in [4.69, 9.17) is 0 Å². The maximum absolute atomic E-state index is 12.4. The predicted octanol–water partition coefficient (Wildman–Crippen LogP) is 1.88. The average Bonchev–Trinajstić information content (AvgIpc) is 2.90. The van der Waals surface area contributed by atoms with Crippen molar-refractivity contribution in [3.63, 3.8) is 0 Å². The molecule has 0 unspecified atom stereocenters. The Morgan fingerprint density at radius 1 is 1.29 bits per heavy atom. The van der Waals surface area contributed by atoms with Gasteiger partial charge in [-0.1, -0.05) is 15.9 Å². The minimum absolute atomic E-state index is 0.175. The van der Waals surface area contributed by atoms with Gasteiger partial charge in [0.05, 0.1) is 0 Å². The zero-order valence-electron chi connectivity index (χ0n) is 9.53. The molecule has 90 valence electrons. The first-order chi connectivity index (χ1) is 8.25. The summed E-state index contributed by atoms with van der Waals surface area (Å²) in [6.45, 7) is 2.92. The minimum Gasteiger partial charge on any atom is -0.334 e. The molecule has 0 aromatic heterocycles. The second kappa shape index (κ2) is 4.42. The molecule has 1 amide bonds. The molecule has 0 bridgehead atoms. The van der Waals surface area contributed by atoms with Gasteiger partial charge in [-0.05, 0) is 36.6 Å². The zero-order valence-corrected chi connectivity index (χ0v) is 11.1. The first-order valence-corrected chi connectivity index (χ1v) is 6.82. The Hall–Kier alpha value is -0.870. The fourth-order valence-corrected chi connectivity index (χ4v) is 3.12. The monoisotopic (exact) mass is 294 g/mol. The van der Waals surface area contributed by atoms with Crippen LogP contribution in [0, 0.1) is 5.92 Å².